The van der Waals surface area contributed by atoms with Gasteiger partial charge in [0, 0.05) is 4.47 Å². The van der Waals surface area contributed by atoms with Crippen molar-refractivity contribution in [3.8, 4) is 11.5 Å². The van der Waals surface area contributed by atoms with Gasteiger partial charge in [0.2, 0.25) is 0 Å². The average molecular weight is 418 g/mol. The Kier molecular flexibility index (Phi) is 5.76. The van der Waals surface area contributed by atoms with E-state index < -0.39 is 0 Å². The van der Waals surface area contributed by atoms with Crippen LogP contribution in [0.4, 0.5) is 0 Å². The van der Waals surface area contributed by atoms with Gasteiger partial charge in [-0.3, -0.25) is 0 Å². The molecule has 1 aromatic carbocycles. The van der Waals surface area contributed by atoms with E-state index >= 15 is 0 Å². The highest BCUT2D eigenvalue weighted by Gasteiger charge is 2.21. The van der Waals surface area contributed by atoms with Gasteiger partial charge in [-0.25, -0.2) is 0 Å². The number of alkyl halides is 1. The number of aryl methyl sites for hydroxylation is 1. The van der Waals surface area contributed by atoms with Crippen LogP contribution in [-0.4, -0.2) is 13.2 Å². The molecule has 2 rings (SSSR count). The summed E-state index contributed by atoms with van der Waals surface area (Å²) in [7, 11) is 0. The van der Waals surface area contributed by atoms with E-state index in [1.807, 2.05) is 39.0 Å². The van der Waals surface area contributed by atoms with Crippen molar-refractivity contribution < 1.29 is 13.9 Å². The summed E-state index contributed by atoms with van der Waals surface area (Å²) in [4.78, 5) is -0.0447. The van der Waals surface area contributed by atoms with Crippen molar-refractivity contribution in [2.75, 3.05) is 13.2 Å². The molecule has 21 heavy (non-hydrogen) atoms. The first kappa shape index (κ1) is 16.4. The Balaban J connectivity index is 2.44. The van der Waals surface area contributed by atoms with Gasteiger partial charge in [-0.2, -0.15) is 0 Å². The topological polar surface area (TPSA) is 31.6 Å². The number of benzene rings is 1. The van der Waals surface area contributed by atoms with Gasteiger partial charge in [-0.05, 0) is 50.1 Å². The van der Waals surface area contributed by atoms with Crippen molar-refractivity contribution in [1.29, 1.82) is 0 Å². The molecule has 114 valence electrons. The molecule has 0 aliphatic rings. The summed E-state index contributed by atoms with van der Waals surface area (Å²) in [6.45, 7) is 7.13. The summed E-state index contributed by atoms with van der Waals surface area (Å²) >= 11 is 7.31. The van der Waals surface area contributed by atoms with Gasteiger partial charge in [-0.1, -0.05) is 31.9 Å². The quantitative estimate of drug-likeness (QED) is 0.570. The van der Waals surface area contributed by atoms with Gasteiger partial charge >= 0.3 is 0 Å². The maximum atomic E-state index is 5.69. The van der Waals surface area contributed by atoms with Gasteiger partial charge < -0.3 is 13.9 Å². The van der Waals surface area contributed by atoms with Gasteiger partial charge in [0.05, 0.1) is 24.3 Å². The fourth-order valence-electron chi connectivity index (χ4n) is 2.07. The molecule has 1 aromatic heterocycles. The van der Waals surface area contributed by atoms with Crippen LogP contribution in [0, 0.1) is 6.92 Å². The lowest BCUT2D eigenvalue weighted by molar-refractivity contribution is 0.287. The van der Waals surface area contributed by atoms with E-state index in [4.69, 9.17) is 13.9 Å². The molecule has 0 N–H and O–H groups in total. The molecule has 1 unspecified atom stereocenters. The van der Waals surface area contributed by atoms with Gasteiger partial charge in [-0.15, -0.1) is 0 Å². The molecular formula is C16H18Br2O3. The minimum Gasteiger partial charge on any atom is -0.490 e. The second-order valence-corrected chi connectivity index (χ2v) is 6.29. The summed E-state index contributed by atoms with van der Waals surface area (Å²) in [5, 5.41) is 0. The van der Waals surface area contributed by atoms with Crippen molar-refractivity contribution in [3.05, 3.63) is 45.8 Å². The molecule has 3 nitrogen and oxygen atoms in total. The van der Waals surface area contributed by atoms with Gasteiger partial charge in [0.15, 0.2) is 11.5 Å². The number of ether oxygens (including phenoxy) is 2. The van der Waals surface area contributed by atoms with Crippen molar-refractivity contribution in [2.45, 2.75) is 25.6 Å². The van der Waals surface area contributed by atoms with E-state index in [0.29, 0.717) is 13.2 Å². The van der Waals surface area contributed by atoms with Crippen LogP contribution in [0.15, 0.2) is 33.4 Å². The Morgan fingerprint density at radius 1 is 1.14 bits per heavy atom. The van der Waals surface area contributed by atoms with Crippen LogP contribution in [0.25, 0.3) is 0 Å². The third kappa shape index (κ3) is 3.64. The molecule has 0 fully saturated rings. The maximum Gasteiger partial charge on any atom is 0.162 e. The number of rotatable bonds is 6. The molecule has 0 aliphatic heterocycles. The maximum absolute atomic E-state index is 5.69. The van der Waals surface area contributed by atoms with Crippen molar-refractivity contribution in [3.63, 3.8) is 0 Å². The zero-order valence-electron chi connectivity index (χ0n) is 12.3. The van der Waals surface area contributed by atoms with Crippen LogP contribution in [-0.2, 0) is 0 Å². The summed E-state index contributed by atoms with van der Waals surface area (Å²) < 4.78 is 17.8. The summed E-state index contributed by atoms with van der Waals surface area (Å²) in [5.74, 6) is 2.37. The van der Waals surface area contributed by atoms with Gasteiger partial charge in [0.1, 0.15) is 5.76 Å². The number of hydrogen-bond donors (Lipinski definition) is 0. The Hall–Kier alpha value is -0.940. The second kappa shape index (κ2) is 7.36. The first-order chi connectivity index (χ1) is 10.1. The zero-order chi connectivity index (χ0) is 15.4. The standard InChI is InChI=1S/C16H18Br2O3/c1-4-19-13-8-11(12(17)9-14(13)20-5-2)15(18)16-10(3)6-7-21-16/h6-9,15H,4-5H2,1-3H3. The first-order valence-electron chi connectivity index (χ1n) is 6.85. The smallest absolute Gasteiger partial charge is 0.162 e. The molecule has 5 heteroatoms. The molecule has 0 aliphatic carbocycles. The van der Waals surface area contributed by atoms with Crippen LogP contribution < -0.4 is 9.47 Å². The Morgan fingerprint density at radius 3 is 2.29 bits per heavy atom. The van der Waals surface area contributed by atoms with Crippen LogP contribution >= 0.6 is 31.9 Å². The minimum atomic E-state index is -0.0447. The van der Waals surface area contributed by atoms with E-state index in [1.54, 1.807) is 6.26 Å². The molecular weight excluding hydrogens is 400 g/mol. The monoisotopic (exact) mass is 416 g/mol. The van der Waals surface area contributed by atoms with E-state index in [9.17, 15) is 0 Å². The summed E-state index contributed by atoms with van der Waals surface area (Å²) in [5.41, 5.74) is 2.15. The Morgan fingerprint density at radius 2 is 1.76 bits per heavy atom. The van der Waals surface area contributed by atoms with E-state index in [-0.39, 0.29) is 4.83 Å². The fraction of sp³-hybridized carbons (Fsp3) is 0.375. The summed E-state index contributed by atoms with van der Waals surface area (Å²) in [6, 6.07) is 5.88. The van der Waals surface area contributed by atoms with Crippen LogP contribution in [0.3, 0.4) is 0 Å². The molecule has 2 aromatic rings. The third-order valence-corrected chi connectivity index (χ3v) is 4.66. The predicted molar refractivity (Wildman–Crippen MR) is 90.7 cm³/mol. The lowest BCUT2D eigenvalue weighted by atomic mass is 10.1. The largest absolute Gasteiger partial charge is 0.490 e. The van der Waals surface area contributed by atoms with Crippen molar-refractivity contribution in [2.24, 2.45) is 0 Å². The SMILES string of the molecule is CCOc1cc(Br)c(C(Br)c2occc2C)cc1OCC. The van der Waals surface area contributed by atoms with E-state index in [2.05, 4.69) is 31.9 Å². The van der Waals surface area contributed by atoms with Crippen LogP contribution in [0.1, 0.15) is 35.6 Å². The van der Waals surface area contributed by atoms with E-state index in [0.717, 1.165) is 32.9 Å². The predicted octanol–water partition coefficient (Wildman–Crippen LogP) is 5.63. The van der Waals surface area contributed by atoms with Crippen molar-refractivity contribution >= 4 is 31.9 Å². The third-order valence-electron chi connectivity index (χ3n) is 3.07. The first-order valence-corrected chi connectivity index (χ1v) is 8.56. The Bertz CT molecular complexity index is 608. The molecule has 1 atom stereocenters. The molecule has 0 saturated carbocycles. The van der Waals surface area contributed by atoms with Crippen molar-refractivity contribution in [1.82, 2.24) is 0 Å². The van der Waals surface area contributed by atoms with Gasteiger partial charge in [0.25, 0.3) is 0 Å². The summed E-state index contributed by atoms with van der Waals surface area (Å²) in [6.07, 6.45) is 1.70. The molecule has 1 heterocycles. The highest BCUT2D eigenvalue weighted by molar-refractivity contribution is 9.11. The lowest BCUT2D eigenvalue weighted by Crippen LogP contribution is -2.01. The normalized spacial score (nSPS) is 12.2. The highest BCUT2D eigenvalue weighted by Crippen LogP contribution is 2.42. The second-order valence-electron chi connectivity index (χ2n) is 4.52. The fourth-order valence-corrected chi connectivity index (χ4v) is 3.77. The molecule has 0 spiro atoms. The zero-order valence-corrected chi connectivity index (χ0v) is 15.5. The lowest BCUT2D eigenvalue weighted by Gasteiger charge is -2.16. The minimum absolute atomic E-state index is 0.0447. The molecule has 0 radical (unpaired) electrons. The van der Waals surface area contributed by atoms with E-state index in [1.165, 1.54) is 0 Å². The molecule has 0 amide bonds. The van der Waals surface area contributed by atoms with Crippen LogP contribution in [0.2, 0.25) is 0 Å². The Labute approximate surface area is 141 Å². The number of furan rings is 1. The molecule has 0 bridgehead atoms. The highest BCUT2D eigenvalue weighted by atomic mass is 79.9. The number of halogens is 2. The molecule has 0 saturated heterocycles. The number of hydrogen-bond acceptors (Lipinski definition) is 3. The average Bonchev–Trinajstić information content (AvgIpc) is 2.87. The van der Waals surface area contributed by atoms with Crippen LogP contribution in [0.5, 0.6) is 11.5 Å².